The van der Waals surface area contributed by atoms with Crippen LogP contribution in [0.2, 0.25) is 0 Å². The van der Waals surface area contributed by atoms with Crippen LogP contribution in [0.5, 0.6) is 11.5 Å². The third-order valence-electron chi connectivity index (χ3n) is 6.99. The third kappa shape index (κ3) is 5.99. The Labute approximate surface area is 232 Å². The fourth-order valence-electron chi connectivity index (χ4n) is 5.34. The minimum atomic E-state index is -1.88. The summed E-state index contributed by atoms with van der Waals surface area (Å²) in [5, 5.41) is 17.0. The lowest BCUT2D eigenvalue weighted by atomic mass is 9.61. The molecule has 3 N–H and O–H groups in total. The molecule has 0 bridgehead atoms. The molecule has 4 atom stereocenters. The van der Waals surface area contributed by atoms with Crippen molar-refractivity contribution < 1.29 is 33.4 Å². The van der Waals surface area contributed by atoms with Gasteiger partial charge in [0.1, 0.15) is 29.0 Å². The fourth-order valence-corrected chi connectivity index (χ4v) is 5.34. The molecule has 1 aliphatic carbocycles. The number of rotatable bonds is 9. The van der Waals surface area contributed by atoms with Crippen LogP contribution in [0.1, 0.15) is 38.7 Å². The number of ketones is 1. The monoisotopic (exact) mass is 548 g/mol. The van der Waals surface area contributed by atoms with E-state index >= 15 is 4.39 Å². The second-order valence-electron chi connectivity index (χ2n) is 9.84. The largest absolute Gasteiger partial charge is 0.492 e. The number of amides is 2. The zero-order valence-electron chi connectivity index (χ0n) is 22.6. The van der Waals surface area contributed by atoms with Gasteiger partial charge in [-0.1, -0.05) is 42.5 Å². The maximum absolute atomic E-state index is 15.3. The van der Waals surface area contributed by atoms with Gasteiger partial charge in [0, 0.05) is 12.3 Å². The van der Waals surface area contributed by atoms with E-state index in [0.29, 0.717) is 36.1 Å². The molecule has 9 heteroatoms. The molecule has 0 radical (unpaired) electrons. The van der Waals surface area contributed by atoms with Crippen molar-refractivity contribution in [1.82, 2.24) is 0 Å². The average molecular weight is 549 g/mol. The number of hydrogen-bond donors (Lipinski definition) is 3. The van der Waals surface area contributed by atoms with Crippen molar-refractivity contribution in [3.8, 4) is 11.5 Å². The second-order valence-corrected chi connectivity index (χ2v) is 9.84. The van der Waals surface area contributed by atoms with Crippen LogP contribution in [0.15, 0.2) is 72.8 Å². The van der Waals surface area contributed by atoms with Crippen molar-refractivity contribution in [2.24, 2.45) is 11.8 Å². The summed E-state index contributed by atoms with van der Waals surface area (Å²) in [5.41, 5.74) is -1.22. The number of aliphatic hydroxyl groups is 1. The molecule has 40 heavy (non-hydrogen) atoms. The maximum Gasteiger partial charge on any atom is 0.235 e. The molecule has 0 aliphatic heterocycles. The van der Waals surface area contributed by atoms with E-state index in [9.17, 15) is 19.5 Å². The van der Waals surface area contributed by atoms with Crippen LogP contribution >= 0.6 is 0 Å². The smallest absolute Gasteiger partial charge is 0.235 e. The predicted molar refractivity (Wildman–Crippen MR) is 149 cm³/mol. The number of benzene rings is 3. The van der Waals surface area contributed by atoms with Gasteiger partial charge in [0.15, 0.2) is 0 Å². The molecule has 0 spiro atoms. The number of carbonyl (C=O) groups is 3. The topological polar surface area (TPSA) is 114 Å². The molecular weight excluding hydrogens is 515 g/mol. The molecule has 0 saturated heterocycles. The van der Waals surface area contributed by atoms with Crippen LogP contribution in [0.3, 0.4) is 0 Å². The first-order valence-electron chi connectivity index (χ1n) is 13.2. The molecule has 3 aromatic carbocycles. The Bertz CT molecular complexity index is 1390. The van der Waals surface area contributed by atoms with Gasteiger partial charge in [-0.05, 0) is 56.7 Å². The lowest BCUT2D eigenvalue weighted by molar-refractivity contribution is -0.150. The molecule has 0 aromatic heterocycles. The molecule has 3 aromatic rings. The normalized spacial score (nSPS) is 22.3. The zero-order chi connectivity index (χ0) is 28.9. The SMILES string of the molecule is CCOc1ccccc1NC(=O)C1C(=O)CC(C)(O)C(C(=O)Nc2ccccc2OCC)C1c1ccccc1F. The molecule has 1 aliphatic rings. The van der Waals surface area contributed by atoms with Crippen LogP contribution in [-0.2, 0) is 14.4 Å². The minimum absolute atomic E-state index is 0.0210. The highest BCUT2D eigenvalue weighted by Gasteiger charge is 2.56. The molecule has 2 amide bonds. The fraction of sp³-hybridized carbons (Fsp3) is 0.323. The number of anilines is 2. The number of carbonyl (C=O) groups excluding carboxylic acids is 3. The Kier molecular flexibility index (Phi) is 8.84. The van der Waals surface area contributed by atoms with Gasteiger partial charge < -0.3 is 25.2 Å². The molecule has 1 fully saturated rings. The number of hydrogen-bond acceptors (Lipinski definition) is 6. The van der Waals surface area contributed by atoms with Crippen molar-refractivity contribution >= 4 is 29.0 Å². The zero-order valence-corrected chi connectivity index (χ0v) is 22.6. The van der Waals surface area contributed by atoms with E-state index in [-0.39, 0.29) is 5.56 Å². The van der Waals surface area contributed by atoms with Gasteiger partial charge in [-0.25, -0.2) is 4.39 Å². The molecular formula is C31H33FN2O6. The van der Waals surface area contributed by atoms with E-state index < -0.39 is 53.2 Å². The Morgan fingerprint density at radius 2 is 1.38 bits per heavy atom. The van der Waals surface area contributed by atoms with Gasteiger partial charge in [0.05, 0.1) is 36.1 Å². The van der Waals surface area contributed by atoms with Gasteiger partial charge in [-0.2, -0.15) is 0 Å². The van der Waals surface area contributed by atoms with Crippen molar-refractivity contribution in [3.05, 3.63) is 84.2 Å². The Balaban J connectivity index is 1.78. The van der Waals surface area contributed by atoms with E-state index in [1.54, 1.807) is 68.4 Å². The second kappa shape index (κ2) is 12.3. The summed E-state index contributed by atoms with van der Waals surface area (Å²) in [6.45, 7) is 5.66. The highest BCUT2D eigenvalue weighted by atomic mass is 19.1. The van der Waals surface area contributed by atoms with Crippen LogP contribution in [0.25, 0.3) is 0 Å². The highest BCUT2D eigenvalue weighted by Crippen LogP contribution is 2.47. The van der Waals surface area contributed by atoms with E-state index in [4.69, 9.17) is 9.47 Å². The van der Waals surface area contributed by atoms with Gasteiger partial charge in [0.2, 0.25) is 11.8 Å². The predicted octanol–water partition coefficient (Wildman–Crippen LogP) is 4.94. The van der Waals surface area contributed by atoms with E-state index in [2.05, 4.69) is 10.6 Å². The van der Waals surface area contributed by atoms with Gasteiger partial charge in [-0.3, -0.25) is 14.4 Å². The Morgan fingerprint density at radius 3 is 1.93 bits per heavy atom. The number of Topliss-reactive ketones (excluding diaryl/α,β-unsaturated/α-hetero) is 1. The van der Waals surface area contributed by atoms with Crippen molar-refractivity contribution in [3.63, 3.8) is 0 Å². The number of ether oxygens (including phenoxy) is 2. The first-order chi connectivity index (χ1) is 19.2. The Hall–Kier alpha value is -4.24. The number of halogens is 1. The van der Waals surface area contributed by atoms with Crippen molar-refractivity contribution in [2.75, 3.05) is 23.8 Å². The summed E-state index contributed by atoms with van der Waals surface area (Å²) in [5.74, 6) is -6.04. The van der Waals surface area contributed by atoms with E-state index in [0.717, 1.165) is 0 Å². The summed E-state index contributed by atoms with van der Waals surface area (Å²) in [6.07, 6.45) is -0.478. The van der Waals surface area contributed by atoms with E-state index in [1.165, 1.54) is 25.1 Å². The van der Waals surface area contributed by atoms with E-state index in [1.807, 2.05) is 0 Å². The standard InChI is InChI=1S/C31H33FN2O6/c1-4-39-24-16-10-8-14-21(24)33-29(36)27-23(35)18-31(3,38)28(26(27)19-12-6-7-13-20(19)32)30(37)34-22-15-9-11-17-25(22)40-5-2/h6-17,26-28,38H,4-5,18H2,1-3H3,(H,33,36)(H,34,37). The molecule has 4 unspecified atom stereocenters. The van der Waals surface area contributed by atoms with Crippen molar-refractivity contribution in [2.45, 2.75) is 38.7 Å². The first kappa shape index (κ1) is 28.8. The van der Waals surface area contributed by atoms with Crippen LogP contribution in [-0.4, -0.2) is 41.5 Å². The Morgan fingerprint density at radius 1 is 0.875 bits per heavy atom. The molecule has 8 nitrogen and oxygen atoms in total. The van der Waals surface area contributed by atoms with Crippen LogP contribution in [0, 0.1) is 17.7 Å². The summed E-state index contributed by atoms with van der Waals surface area (Å²) in [6, 6.07) is 19.2. The third-order valence-corrected chi connectivity index (χ3v) is 6.99. The lowest BCUT2D eigenvalue weighted by Crippen LogP contribution is -2.56. The molecule has 4 rings (SSSR count). The first-order valence-corrected chi connectivity index (χ1v) is 13.2. The average Bonchev–Trinajstić information content (AvgIpc) is 2.90. The molecule has 210 valence electrons. The van der Waals surface area contributed by atoms with Gasteiger partial charge >= 0.3 is 0 Å². The summed E-state index contributed by atoms with van der Waals surface area (Å²) in [7, 11) is 0. The number of nitrogens with one attached hydrogen (secondary N) is 2. The minimum Gasteiger partial charge on any atom is -0.492 e. The molecule has 0 heterocycles. The summed E-state index contributed by atoms with van der Waals surface area (Å²) < 4.78 is 26.5. The van der Waals surface area contributed by atoms with Gasteiger partial charge in [-0.15, -0.1) is 0 Å². The number of para-hydroxylation sites is 4. The van der Waals surface area contributed by atoms with Crippen molar-refractivity contribution in [1.29, 1.82) is 0 Å². The summed E-state index contributed by atoms with van der Waals surface area (Å²) >= 11 is 0. The quantitative estimate of drug-likeness (QED) is 0.327. The van der Waals surface area contributed by atoms with Crippen LogP contribution in [0.4, 0.5) is 15.8 Å². The van der Waals surface area contributed by atoms with Gasteiger partial charge in [0.25, 0.3) is 0 Å². The molecule has 1 saturated carbocycles. The highest BCUT2D eigenvalue weighted by molar-refractivity contribution is 6.11. The summed E-state index contributed by atoms with van der Waals surface area (Å²) in [4.78, 5) is 41.1. The van der Waals surface area contributed by atoms with Crippen LogP contribution < -0.4 is 20.1 Å². The lowest BCUT2D eigenvalue weighted by Gasteiger charge is -2.44. The maximum atomic E-state index is 15.3.